The molecule has 5 nitrogen and oxygen atoms in total. The Morgan fingerprint density at radius 2 is 1.89 bits per heavy atom. The average Bonchev–Trinajstić information content (AvgIpc) is 2.66. The van der Waals surface area contributed by atoms with Gasteiger partial charge in [-0.3, -0.25) is 9.10 Å². The van der Waals surface area contributed by atoms with Crippen molar-refractivity contribution in [3.05, 3.63) is 64.7 Å². The summed E-state index contributed by atoms with van der Waals surface area (Å²) in [5.41, 5.74) is 3.04. The predicted molar refractivity (Wildman–Crippen MR) is 113 cm³/mol. The second kappa shape index (κ2) is 8.97. The fourth-order valence-corrected chi connectivity index (χ4v) is 4.74. The van der Waals surface area contributed by atoms with Crippen molar-refractivity contribution < 1.29 is 13.2 Å². The minimum Gasteiger partial charge on any atom is -0.349 e. The van der Waals surface area contributed by atoms with Crippen LogP contribution in [0.5, 0.6) is 0 Å². The molecule has 1 N–H and O–H groups in total. The highest BCUT2D eigenvalue weighted by atomic mass is 35.5. The Kier molecular flexibility index (Phi) is 6.62. The van der Waals surface area contributed by atoms with Crippen molar-refractivity contribution in [3.8, 4) is 0 Å². The molecule has 3 rings (SSSR count). The molecule has 0 saturated carbocycles. The minimum absolute atomic E-state index is 0.0414. The van der Waals surface area contributed by atoms with Crippen molar-refractivity contribution in [2.45, 2.75) is 38.1 Å². The third-order valence-electron chi connectivity index (χ3n) is 4.98. The molecule has 0 heterocycles. The van der Waals surface area contributed by atoms with E-state index in [2.05, 4.69) is 17.4 Å². The molecule has 0 unspecified atom stereocenters. The zero-order chi connectivity index (χ0) is 20.1. The number of halogens is 1. The molecule has 0 radical (unpaired) electrons. The Hall–Kier alpha value is -2.05. The second-order valence-electron chi connectivity index (χ2n) is 7.13. The summed E-state index contributed by atoms with van der Waals surface area (Å²) in [7, 11) is -3.44. The maximum absolute atomic E-state index is 12.4. The Balaban J connectivity index is 1.57. The summed E-state index contributed by atoms with van der Waals surface area (Å²) < 4.78 is 25.6. The molecule has 0 aromatic heterocycles. The third kappa shape index (κ3) is 5.26. The van der Waals surface area contributed by atoms with E-state index < -0.39 is 10.0 Å². The molecule has 150 valence electrons. The van der Waals surface area contributed by atoms with Crippen LogP contribution < -0.4 is 9.62 Å². The van der Waals surface area contributed by atoms with Gasteiger partial charge in [-0.05, 0) is 61.1 Å². The molecule has 1 aliphatic carbocycles. The number of rotatable bonds is 7. The van der Waals surface area contributed by atoms with E-state index in [4.69, 9.17) is 11.6 Å². The van der Waals surface area contributed by atoms with Crippen LogP contribution in [-0.2, 0) is 21.2 Å². The highest BCUT2D eigenvalue weighted by Gasteiger charge is 2.22. The summed E-state index contributed by atoms with van der Waals surface area (Å²) in [5, 5.41) is 3.66. The molecule has 2 aromatic rings. The quantitative estimate of drug-likeness (QED) is 0.733. The van der Waals surface area contributed by atoms with Gasteiger partial charge in [-0.1, -0.05) is 35.9 Å². The van der Waals surface area contributed by atoms with Gasteiger partial charge in [0.15, 0.2) is 0 Å². The van der Waals surface area contributed by atoms with E-state index in [-0.39, 0.29) is 24.9 Å². The van der Waals surface area contributed by atoms with Crippen LogP contribution in [0.1, 0.15) is 42.9 Å². The summed E-state index contributed by atoms with van der Waals surface area (Å²) in [5.74, 6) is -0.0498. The molecule has 7 heteroatoms. The molecule has 0 aliphatic heterocycles. The molecule has 0 fully saturated rings. The van der Waals surface area contributed by atoms with Gasteiger partial charge in [0.2, 0.25) is 15.9 Å². The first-order valence-electron chi connectivity index (χ1n) is 9.45. The van der Waals surface area contributed by atoms with Gasteiger partial charge in [0.25, 0.3) is 0 Å². The van der Waals surface area contributed by atoms with Crippen LogP contribution in [0, 0.1) is 0 Å². The van der Waals surface area contributed by atoms with Crippen LogP contribution >= 0.6 is 11.6 Å². The number of anilines is 1. The first-order chi connectivity index (χ1) is 13.3. The van der Waals surface area contributed by atoms with Gasteiger partial charge < -0.3 is 5.32 Å². The first kappa shape index (κ1) is 20.7. The SMILES string of the molecule is CS(=O)(=O)N(CCCC(=O)N[C@@H]1CCCc2ccccc21)c1ccc(Cl)cc1. The minimum atomic E-state index is -3.44. The van der Waals surface area contributed by atoms with Gasteiger partial charge in [0, 0.05) is 18.0 Å². The number of benzene rings is 2. The number of nitrogens with one attached hydrogen (secondary N) is 1. The zero-order valence-corrected chi connectivity index (χ0v) is 17.5. The highest BCUT2D eigenvalue weighted by molar-refractivity contribution is 7.92. The molecular weight excluding hydrogens is 396 g/mol. The van der Waals surface area contributed by atoms with Crippen molar-refractivity contribution >= 4 is 33.2 Å². The Bertz CT molecular complexity index is 929. The number of carbonyl (C=O) groups excluding carboxylic acids is 1. The summed E-state index contributed by atoms with van der Waals surface area (Å²) >= 11 is 5.88. The summed E-state index contributed by atoms with van der Waals surface area (Å²) in [4.78, 5) is 12.4. The molecule has 1 aliphatic rings. The summed E-state index contributed by atoms with van der Waals surface area (Å²) in [6, 6.07) is 14.9. The Morgan fingerprint density at radius 1 is 1.18 bits per heavy atom. The van der Waals surface area contributed by atoms with E-state index in [0.717, 1.165) is 19.3 Å². The van der Waals surface area contributed by atoms with Crippen molar-refractivity contribution in [2.75, 3.05) is 17.1 Å². The largest absolute Gasteiger partial charge is 0.349 e. The highest BCUT2D eigenvalue weighted by Crippen LogP contribution is 2.29. The fourth-order valence-electron chi connectivity index (χ4n) is 3.65. The lowest BCUT2D eigenvalue weighted by Gasteiger charge is -2.26. The normalized spacial score (nSPS) is 16.3. The number of nitrogens with zero attached hydrogens (tertiary/aromatic N) is 1. The molecule has 28 heavy (non-hydrogen) atoms. The van der Waals surface area contributed by atoms with E-state index in [1.54, 1.807) is 24.3 Å². The van der Waals surface area contributed by atoms with Crippen molar-refractivity contribution in [1.29, 1.82) is 0 Å². The van der Waals surface area contributed by atoms with E-state index in [1.807, 2.05) is 12.1 Å². The monoisotopic (exact) mass is 420 g/mol. The number of hydrogen-bond acceptors (Lipinski definition) is 3. The van der Waals surface area contributed by atoms with Gasteiger partial charge in [-0.15, -0.1) is 0 Å². The molecule has 2 aromatic carbocycles. The topological polar surface area (TPSA) is 66.5 Å². The molecular formula is C21H25ClN2O3S. The van der Waals surface area contributed by atoms with Crippen LogP contribution in [0.3, 0.4) is 0 Å². The zero-order valence-electron chi connectivity index (χ0n) is 15.9. The Morgan fingerprint density at radius 3 is 2.61 bits per heavy atom. The van der Waals surface area contributed by atoms with Crippen LogP contribution in [0.4, 0.5) is 5.69 Å². The number of hydrogen-bond donors (Lipinski definition) is 1. The molecule has 0 saturated heterocycles. The van der Waals surface area contributed by atoms with Gasteiger partial charge in [0.1, 0.15) is 0 Å². The van der Waals surface area contributed by atoms with Crippen molar-refractivity contribution in [2.24, 2.45) is 0 Å². The van der Waals surface area contributed by atoms with E-state index in [1.165, 1.54) is 21.7 Å². The molecule has 1 atom stereocenters. The second-order valence-corrected chi connectivity index (χ2v) is 9.47. The number of fused-ring (bicyclic) bond motifs is 1. The van der Waals surface area contributed by atoms with Gasteiger partial charge in [-0.2, -0.15) is 0 Å². The lowest BCUT2D eigenvalue weighted by molar-refractivity contribution is -0.122. The summed E-state index contributed by atoms with van der Waals surface area (Å²) in [6.45, 7) is 0.245. The van der Waals surface area contributed by atoms with Crippen LogP contribution in [-0.4, -0.2) is 27.1 Å². The van der Waals surface area contributed by atoms with Crippen molar-refractivity contribution in [3.63, 3.8) is 0 Å². The molecule has 1 amide bonds. The lowest BCUT2D eigenvalue weighted by Crippen LogP contribution is -2.33. The third-order valence-corrected chi connectivity index (χ3v) is 6.43. The smallest absolute Gasteiger partial charge is 0.232 e. The maximum Gasteiger partial charge on any atom is 0.232 e. The van der Waals surface area contributed by atoms with E-state index in [9.17, 15) is 13.2 Å². The van der Waals surface area contributed by atoms with Gasteiger partial charge >= 0.3 is 0 Å². The van der Waals surface area contributed by atoms with Crippen LogP contribution in [0.25, 0.3) is 0 Å². The molecule has 0 bridgehead atoms. The predicted octanol–water partition coefficient (Wildman–Crippen LogP) is 4.08. The van der Waals surface area contributed by atoms with E-state index in [0.29, 0.717) is 17.1 Å². The molecule has 0 spiro atoms. The number of aryl methyl sites for hydroxylation is 1. The maximum atomic E-state index is 12.4. The van der Waals surface area contributed by atoms with Crippen molar-refractivity contribution in [1.82, 2.24) is 5.32 Å². The van der Waals surface area contributed by atoms with Gasteiger partial charge in [-0.25, -0.2) is 8.42 Å². The number of carbonyl (C=O) groups is 1. The standard InChI is InChI=1S/C21H25ClN2O3S/c1-28(26,27)24(18-13-11-17(22)12-14-18)15-5-10-21(25)23-20-9-4-7-16-6-2-3-8-19(16)20/h2-3,6,8,11-14,20H,4-5,7,9-10,15H2,1H3,(H,23,25)/t20-/m1/s1. The lowest BCUT2D eigenvalue weighted by atomic mass is 9.87. The first-order valence-corrected chi connectivity index (χ1v) is 11.7. The van der Waals surface area contributed by atoms with Crippen LogP contribution in [0.15, 0.2) is 48.5 Å². The average molecular weight is 421 g/mol. The van der Waals surface area contributed by atoms with E-state index >= 15 is 0 Å². The number of sulfonamides is 1. The number of amides is 1. The van der Waals surface area contributed by atoms with Gasteiger partial charge in [0.05, 0.1) is 18.0 Å². The van der Waals surface area contributed by atoms with Crippen LogP contribution in [0.2, 0.25) is 5.02 Å². The summed E-state index contributed by atoms with van der Waals surface area (Å²) in [6.07, 6.45) is 4.92. The fraction of sp³-hybridized carbons (Fsp3) is 0.381. The Labute approximate surface area is 171 Å².